The summed E-state index contributed by atoms with van der Waals surface area (Å²) in [6.45, 7) is 7.84. The molecule has 6 aromatic rings. The molecule has 0 aliphatic carbocycles. The van der Waals surface area contributed by atoms with Crippen molar-refractivity contribution < 1.29 is 96.8 Å². The molecule has 3 aromatic carbocycles. The molecule has 0 saturated carbocycles. The third-order valence-electron chi connectivity index (χ3n) is 23.2. The number of carboxylic acids is 1. The third-order valence-corrected chi connectivity index (χ3v) is 24.2. The first kappa shape index (κ1) is 103. The number of nitrogens with zero attached hydrogens (tertiary/aromatic N) is 5. The Bertz CT molecular complexity index is 4990. The van der Waals surface area contributed by atoms with E-state index in [1.165, 1.54) is 71.8 Å². The van der Waals surface area contributed by atoms with E-state index in [4.69, 9.17) is 11.5 Å². The van der Waals surface area contributed by atoms with Crippen LogP contribution in [0, 0.1) is 5.92 Å². The number of para-hydroxylation sites is 2. The first-order chi connectivity index (χ1) is 62.4. The fourth-order valence-electron chi connectivity index (χ4n) is 15.7. The van der Waals surface area contributed by atoms with Crippen LogP contribution in [-0.2, 0) is 107 Å². The van der Waals surface area contributed by atoms with Crippen LogP contribution >= 0.6 is 11.8 Å². The highest BCUT2D eigenvalue weighted by atomic mass is 32.2. The molecule has 16 amide bonds. The molecule has 2 fully saturated rings. The number of primary amides is 1. The third kappa shape index (κ3) is 29.8. The molecule has 8 rings (SSSR count). The molecule has 0 radical (unpaired) electrons. The van der Waals surface area contributed by atoms with Gasteiger partial charge in [0.15, 0.2) is 0 Å². The maximum absolute atomic E-state index is 15.6. The van der Waals surface area contributed by atoms with Gasteiger partial charge in [-0.25, -0.2) is 4.98 Å². The zero-order valence-electron chi connectivity index (χ0n) is 75.2. The maximum atomic E-state index is 15.6. The predicted octanol–water partition coefficient (Wildman–Crippen LogP) is -0.921. The number of nitrogens with two attached hydrogens (primary N) is 2. The van der Waals surface area contributed by atoms with Crippen LogP contribution in [0.15, 0.2) is 97.7 Å². The molecule has 0 unspecified atom stereocenters. The van der Waals surface area contributed by atoms with Gasteiger partial charge < -0.3 is 120 Å². The zero-order chi connectivity index (χ0) is 95.9. The van der Waals surface area contributed by atoms with Crippen molar-refractivity contribution in [2.45, 2.75) is 235 Å². The number of likely N-dealkylation sites (N-methyl/N-ethyl adjacent to an activating group) is 3. The molecule has 0 spiro atoms. The van der Waals surface area contributed by atoms with Gasteiger partial charge in [0, 0.05) is 105 Å². The monoisotopic (exact) mass is 1840 g/mol. The first-order valence-electron chi connectivity index (χ1n) is 44.1. The standard InChI is InChI=1S/C89H125N21O20S/c1-10-12-26-70-84(125)97-50(5)76(117)106-69(78(119)95-44-75(115)116)46-131-47-74(114)98-65(36-52-29-31-56(112)32-30-52)86(127)107(7)51(6)77(118)103-67(40-73(91)113)88(129)110-34-20-28-71(110)85(126)102-64(39-55-43-92-48-96-55)82(123)100-62(35-49(3)4)80(121)99-61(25-18-19-33-90)79(120)101-63(37-53-41-93-59-23-16-14-21-57(53)59)81(122)105-68(45-111)83(124)104-66(38-54-42-94-60-24-17-15-22-58(54)60)87(128)109(9)72(27-13-11-2)89(130)108(70)8/h14-17,21-24,29-32,41-43,48-51,61-72,93-94,111-112H,10-13,18-20,25-28,33-40,44-47,90H2,1-9H3,(H2,91,113)(H,92,96)(H,95,119)(H,97,125)(H,98,114)(H,99,121)(H,100,123)(H,101,120)(H,102,126)(H,103,118)(H,104,124)(H,105,122)(H,106,117)(H,115,116)/t50-,51-,61-,62-,63-,64-,65-,66-,67-,68-,69-,70-,71-,72-/m0/s1. The second-order valence-corrected chi connectivity index (χ2v) is 34.6. The summed E-state index contributed by atoms with van der Waals surface area (Å²) >= 11 is 0.754. The number of amides is 16. The minimum atomic E-state index is -1.86. The number of unbranched alkanes of at least 4 members (excludes halogenated alkanes) is 3. The summed E-state index contributed by atoms with van der Waals surface area (Å²) in [7, 11) is 3.92. The summed E-state index contributed by atoms with van der Waals surface area (Å²) in [6.07, 6.45) is 6.50. The number of phenolic OH excluding ortho intramolecular Hbond substituents is 1. The Labute approximate surface area is 762 Å². The van der Waals surface area contributed by atoms with Crippen LogP contribution in [0.2, 0.25) is 0 Å². The number of aliphatic hydroxyl groups is 1. The van der Waals surface area contributed by atoms with Gasteiger partial charge in [-0.15, -0.1) is 11.8 Å². The number of aliphatic hydroxyl groups excluding tert-OH is 1. The number of rotatable bonds is 26. The quantitative estimate of drug-likeness (QED) is 0.0292. The summed E-state index contributed by atoms with van der Waals surface area (Å²) in [5, 5.41) is 61.2. The number of hydrogen-bond donors (Lipinski definition) is 19. The Kier molecular flexibility index (Phi) is 39.7. The minimum absolute atomic E-state index is 0.00330. The highest BCUT2D eigenvalue weighted by Gasteiger charge is 2.44. The highest BCUT2D eigenvalue weighted by Crippen LogP contribution is 2.26. The Morgan fingerprint density at radius 2 is 1.08 bits per heavy atom. The molecule has 3 aromatic heterocycles. The molecule has 2 aliphatic rings. The number of fused-ring (bicyclic) bond motifs is 3. The number of imidazole rings is 1. The van der Waals surface area contributed by atoms with Crippen molar-refractivity contribution in [1.82, 2.24) is 98.0 Å². The first-order valence-corrected chi connectivity index (χ1v) is 45.3. The van der Waals surface area contributed by atoms with Gasteiger partial charge in [0.1, 0.15) is 96.9 Å². The van der Waals surface area contributed by atoms with E-state index in [0.717, 1.165) is 31.4 Å². The molecular weight excluding hydrogens is 1720 g/mol. The Morgan fingerprint density at radius 1 is 0.550 bits per heavy atom. The summed E-state index contributed by atoms with van der Waals surface area (Å²) < 4.78 is 0. The molecule has 14 atom stereocenters. The average molecular weight is 1840 g/mol. The van der Waals surface area contributed by atoms with E-state index in [2.05, 4.69) is 78.4 Å². The lowest BCUT2D eigenvalue weighted by Crippen LogP contribution is -2.62. The van der Waals surface area contributed by atoms with E-state index in [1.807, 2.05) is 13.8 Å². The van der Waals surface area contributed by atoms with Gasteiger partial charge in [-0.05, 0) is 119 Å². The lowest BCUT2D eigenvalue weighted by molar-refractivity contribution is -0.149. The molecule has 42 heteroatoms. The fraction of sp³-hybridized carbons (Fsp3) is 0.528. The van der Waals surface area contributed by atoms with Gasteiger partial charge in [-0.2, -0.15) is 0 Å². The zero-order valence-corrected chi connectivity index (χ0v) is 76.1. The van der Waals surface area contributed by atoms with Crippen LogP contribution < -0.4 is 70.0 Å². The van der Waals surface area contributed by atoms with Gasteiger partial charge in [0.05, 0.1) is 25.1 Å². The van der Waals surface area contributed by atoms with E-state index < -0.39 is 216 Å². The van der Waals surface area contributed by atoms with Crippen LogP contribution in [0.4, 0.5) is 0 Å². The number of thioether (sulfide) groups is 1. The van der Waals surface area contributed by atoms with Crippen LogP contribution in [0.1, 0.15) is 147 Å². The Morgan fingerprint density at radius 3 is 1.68 bits per heavy atom. The molecule has 712 valence electrons. The van der Waals surface area contributed by atoms with Crippen LogP contribution in [0.25, 0.3) is 21.8 Å². The minimum Gasteiger partial charge on any atom is -0.508 e. The number of benzene rings is 3. The van der Waals surface area contributed by atoms with Crippen LogP contribution in [0.5, 0.6) is 5.75 Å². The summed E-state index contributed by atoms with van der Waals surface area (Å²) in [6, 6.07) is -1.63. The van der Waals surface area contributed by atoms with E-state index in [-0.39, 0.29) is 95.4 Å². The summed E-state index contributed by atoms with van der Waals surface area (Å²) in [4.78, 5) is 265. The van der Waals surface area contributed by atoms with Gasteiger partial charge in [-0.1, -0.05) is 102 Å². The normalized spacial score (nSPS) is 24.2. The number of aromatic hydroxyl groups is 1. The van der Waals surface area contributed by atoms with Crippen LogP contribution in [-0.4, -0.2) is 299 Å². The van der Waals surface area contributed by atoms with E-state index in [9.17, 15) is 63.3 Å². The van der Waals surface area contributed by atoms with Crippen molar-refractivity contribution in [2.24, 2.45) is 17.4 Å². The number of phenols is 1. The maximum Gasteiger partial charge on any atom is 0.322 e. The molecule has 5 heterocycles. The number of aromatic nitrogens is 4. The average Bonchev–Trinajstić information content (AvgIpc) is 1.72. The van der Waals surface area contributed by atoms with Crippen molar-refractivity contribution in [2.75, 3.05) is 58.9 Å². The van der Waals surface area contributed by atoms with E-state index >= 15 is 33.6 Å². The van der Waals surface area contributed by atoms with E-state index in [0.29, 0.717) is 76.3 Å². The highest BCUT2D eigenvalue weighted by molar-refractivity contribution is 8.00. The smallest absolute Gasteiger partial charge is 0.322 e. The number of aromatic amines is 3. The van der Waals surface area contributed by atoms with Gasteiger partial charge in [0.25, 0.3) is 0 Å². The number of carbonyl (C=O) groups is 17. The lowest BCUT2D eigenvalue weighted by Gasteiger charge is -2.36. The number of nitrogens with one attached hydrogen (secondary N) is 14. The van der Waals surface area contributed by atoms with Gasteiger partial charge in [-0.3, -0.25) is 81.5 Å². The van der Waals surface area contributed by atoms with Crippen molar-refractivity contribution in [1.29, 1.82) is 0 Å². The summed E-state index contributed by atoms with van der Waals surface area (Å²) in [5.74, 6) is -17.8. The number of H-pyrrole nitrogens is 3. The fourth-order valence-corrected chi connectivity index (χ4v) is 16.5. The van der Waals surface area contributed by atoms with Crippen LogP contribution in [0.3, 0.4) is 0 Å². The van der Waals surface area contributed by atoms with Gasteiger partial charge >= 0.3 is 5.97 Å². The molecule has 41 nitrogen and oxygen atoms in total. The second kappa shape index (κ2) is 50.3. The second-order valence-electron chi connectivity index (χ2n) is 33.5. The predicted molar refractivity (Wildman–Crippen MR) is 483 cm³/mol. The number of aliphatic carboxylic acids is 1. The van der Waals surface area contributed by atoms with Crippen molar-refractivity contribution in [3.8, 4) is 5.75 Å². The van der Waals surface area contributed by atoms with Crippen molar-refractivity contribution >= 4 is 134 Å². The molecule has 2 aliphatic heterocycles. The van der Waals surface area contributed by atoms with Crippen molar-refractivity contribution in [3.05, 3.63) is 120 Å². The SMILES string of the molecule is CCCC[C@H]1C(=O)N(C)[C@@H](CCCC)C(=O)N[C@@H](C)C(=O)N[C@H](C(=O)NCC(=O)O)CSCC(=O)N[C@@H](Cc2ccc(O)cc2)C(=O)N(C)[C@@H](C)C(=O)N[C@@H](CC(N)=O)C(=O)N2CCC[C@H]2C(=O)N[C@@H](Cc2cnc[nH]2)C(=O)N[C@@H](CC(C)C)C(=O)N[C@@H](CCCCN)C(=O)N[C@@H](Cc2c[nH]c3ccccc23)C(=O)N[C@@H](CO)C(=O)N[C@@H](Cc2c[nH]c3ccccc23)C(=O)N1C. The van der Waals surface area contributed by atoms with E-state index in [1.54, 1.807) is 74.8 Å². The molecule has 131 heavy (non-hydrogen) atoms. The lowest BCUT2D eigenvalue weighted by atomic mass is 10.00. The molecule has 0 bridgehead atoms. The molecular formula is C89H125N21O20S. The number of hydrogen-bond acceptors (Lipinski definition) is 22. The largest absolute Gasteiger partial charge is 0.508 e. The number of carboxylic acid groups (broad SMARTS) is 1. The Hall–Kier alpha value is -13.0. The Balaban J connectivity index is 1.18. The summed E-state index contributed by atoms with van der Waals surface area (Å²) in [5.41, 5.74) is 14.8. The molecule has 21 N–H and O–H groups in total. The molecule has 2 saturated heterocycles. The number of carbonyl (C=O) groups excluding carboxylic acids is 16. The van der Waals surface area contributed by atoms with Gasteiger partial charge in [0.2, 0.25) is 94.5 Å². The topological polar surface area (TPSA) is 608 Å². The van der Waals surface area contributed by atoms with Crippen molar-refractivity contribution in [3.63, 3.8) is 0 Å².